The first-order valence-electron chi connectivity index (χ1n) is 9.73. The summed E-state index contributed by atoms with van der Waals surface area (Å²) in [4.78, 5) is 4.69. The van der Waals surface area contributed by atoms with Gasteiger partial charge in [-0.2, -0.15) is 0 Å². The highest BCUT2D eigenvalue weighted by Crippen LogP contribution is 2.32. The zero-order chi connectivity index (χ0) is 22.2. The Labute approximate surface area is 187 Å². The first-order valence-corrected chi connectivity index (χ1v) is 10.1. The van der Waals surface area contributed by atoms with E-state index in [0.29, 0.717) is 33.6 Å². The van der Waals surface area contributed by atoms with Gasteiger partial charge in [0.25, 0.3) is 0 Å². The lowest BCUT2D eigenvalue weighted by Gasteiger charge is -2.10. The molecule has 32 heavy (non-hydrogen) atoms. The SMILES string of the molecule is Cc1cc(Oc2cccc3nc(-c4cn(-c5ccc(O)c(F)c5)nn4)ccc23)ccc1Cl. The van der Waals surface area contributed by atoms with Gasteiger partial charge < -0.3 is 9.84 Å². The molecule has 0 radical (unpaired) electrons. The minimum absolute atomic E-state index is 0.419. The molecule has 5 rings (SSSR count). The van der Waals surface area contributed by atoms with E-state index < -0.39 is 11.6 Å². The second-order valence-electron chi connectivity index (χ2n) is 7.22. The number of halogens is 2. The van der Waals surface area contributed by atoms with Gasteiger partial charge in [0, 0.05) is 16.5 Å². The average molecular weight is 447 g/mol. The fraction of sp³-hybridized carbons (Fsp3) is 0.0417. The zero-order valence-electron chi connectivity index (χ0n) is 16.8. The predicted molar refractivity (Wildman–Crippen MR) is 120 cm³/mol. The normalized spacial score (nSPS) is 11.1. The molecule has 6 nitrogen and oxygen atoms in total. The number of aromatic nitrogens is 4. The van der Waals surface area contributed by atoms with E-state index in [1.165, 1.54) is 16.8 Å². The van der Waals surface area contributed by atoms with Crippen LogP contribution in [0.25, 0.3) is 28.0 Å². The molecule has 3 aromatic carbocycles. The molecule has 2 aromatic heterocycles. The highest BCUT2D eigenvalue weighted by Gasteiger charge is 2.12. The van der Waals surface area contributed by atoms with Crippen LogP contribution in [0.4, 0.5) is 4.39 Å². The van der Waals surface area contributed by atoms with Gasteiger partial charge in [-0.3, -0.25) is 0 Å². The number of rotatable bonds is 4. The first-order chi connectivity index (χ1) is 15.5. The topological polar surface area (TPSA) is 73.1 Å². The summed E-state index contributed by atoms with van der Waals surface area (Å²) in [7, 11) is 0. The molecule has 5 aromatic rings. The van der Waals surface area contributed by atoms with Crippen molar-refractivity contribution in [1.82, 2.24) is 20.0 Å². The van der Waals surface area contributed by atoms with Crippen LogP contribution in [0.5, 0.6) is 17.2 Å². The number of phenols is 1. The second-order valence-corrected chi connectivity index (χ2v) is 7.62. The van der Waals surface area contributed by atoms with Gasteiger partial charge in [0.2, 0.25) is 0 Å². The fourth-order valence-corrected chi connectivity index (χ4v) is 3.43. The lowest BCUT2D eigenvalue weighted by molar-refractivity contribution is 0.432. The van der Waals surface area contributed by atoms with Crippen LogP contribution < -0.4 is 4.74 Å². The molecule has 2 heterocycles. The van der Waals surface area contributed by atoms with E-state index >= 15 is 0 Å². The van der Waals surface area contributed by atoms with Gasteiger partial charge in [-0.05, 0) is 67.1 Å². The van der Waals surface area contributed by atoms with Crippen molar-refractivity contribution in [1.29, 1.82) is 0 Å². The van der Waals surface area contributed by atoms with Gasteiger partial charge in [-0.15, -0.1) is 5.10 Å². The maximum atomic E-state index is 13.7. The van der Waals surface area contributed by atoms with Crippen LogP contribution in [0, 0.1) is 12.7 Å². The van der Waals surface area contributed by atoms with E-state index in [2.05, 4.69) is 15.3 Å². The van der Waals surface area contributed by atoms with Gasteiger partial charge in [-0.1, -0.05) is 22.9 Å². The van der Waals surface area contributed by atoms with E-state index in [0.717, 1.165) is 16.5 Å². The van der Waals surface area contributed by atoms with E-state index in [9.17, 15) is 9.50 Å². The van der Waals surface area contributed by atoms with Gasteiger partial charge in [0.15, 0.2) is 11.6 Å². The summed E-state index contributed by atoms with van der Waals surface area (Å²) in [6, 6.07) is 18.9. The van der Waals surface area contributed by atoms with Crippen LogP contribution in [-0.4, -0.2) is 25.1 Å². The molecular formula is C24H16ClFN4O2. The molecule has 0 spiro atoms. The molecule has 0 atom stereocenters. The molecule has 0 aliphatic heterocycles. The van der Waals surface area contributed by atoms with Crippen molar-refractivity contribution >= 4 is 22.5 Å². The molecule has 8 heteroatoms. The smallest absolute Gasteiger partial charge is 0.166 e. The molecule has 0 aliphatic rings. The molecule has 0 unspecified atom stereocenters. The number of pyridine rings is 1. The van der Waals surface area contributed by atoms with Crippen molar-refractivity contribution in [2.45, 2.75) is 6.92 Å². The van der Waals surface area contributed by atoms with Crippen LogP contribution in [0.1, 0.15) is 5.56 Å². The number of benzene rings is 3. The monoisotopic (exact) mass is 446 g/mol. The largest absolute Gasteiger partial charge is 0.505 e. The van der Waals surface area contributed by atoms with E-state index in [-0.39, 0.29) is 0 Å². The summed E-state index contributed by atoms with van der Waals surface area (Å²) >= 11 is 6.10. The number of fused-ring (bicyclic) bond motifs is 1. The molecule has 0 amide bonds. The van der Waals surface area contributed by atoms with Gasteiger partial charge in [-0.25, -0.2) is 14.1 Å². The van der Waals surface area contributed by atoms with Crippen molar-refractivity contribution in [3.63, 3.8) is 0 Å². The maximum Gasteiger partial charge on any atom is 0.166 e. The Morgan fingerprint density at radius 1 is 1.00 bits per heavy atom. The van der Waals surface area contributed by atoms with Crippen LogP contribution in [0.2, 0.25) is 5.02 Å². The molecule has 1 N–H and O–H groups in total. The maximum absolute atomic E-state index is 13.7. The number of ether oxygens (including phenoxy) is 1. The molecule has 0 aliphatic carbocycles. The molecule has 0 fully saturated rings. The van der Waals surface area contributed by atoms with Gasteiger partial charge in [0.05, 0.1) is 23.1 Å². The van der Waals surface area contributed by atoms with Crippen LogP contribution in [0.15, 0.2) is 72.9 Å². The number of hydrogen-bond acceptors (Lipinski definition) is 5. The first kappa shape index (κ1) is 20.0. The van der Waals surface area contributed by atoms with Gasteiger partial charge in [0.1, 0.15) is 17.2 Å². The molecule has 0 bridgehead atoms. The third kappa shape index (κ3) is 3.74. The molecule has 0 saturated carbocycles. The summed E-state index contributed by atoms with van der Waals surface area (Å²) in [5.41, 5.74) is 3.24. The zero-order valence-corrected chi connectivity index (χ0v) is 17.6. The third-order valence-electron chi connectivity index (χ3n) is 5.00. The second kappa shape index (κ2) is 7.94. The van der Waals surface area contributed by atoms with E-state index in [4.69, 9.17) is 16.3 Å². The molecule has 0 saturated heterocycles. The summed E-state index contributed by atoms with van der Waals surface area (Å²) in [6.45, 7) is 1.92. The summed E-state index contributed by atoms with van der Waals surface area (Å²) in [5, 5.41) is 19.1. The number of aryl methyl sites for hydroxylation is 1. The van der Waals surface area contributed by atoms with Crippen molar-refractivity contribution in [3.8, 4) is 34.3 Å². The summed E-state index contributed by atoms with van der Waals surface area (Å²) in [6.07, 6.45) is 1.65. The summed E-state index contributed by atoms with van der Waals surface area (Å²) < 4.78 is 21.2. The number of phenolic OH excluding ortho intramolecular Hbond substituents is 1. The van der Waals surface area contributed by atoms with E-state index in [1.807, 2.05) is 49.4 Å². The minimum atomic E-state index is -0.730. The van der Waals surface area contributed by atoms with Crippen molar-refractivity contribution in [2.75, 3.05) is 0 Å². The van der Waals surface area contributed by atoms with Crippen LogP contribution >= 0.6 is 11.6 Å². The Hall–Kier alpha value is -3.97. The van der Waals surface area contributed by atoms with Crippen LogP contribution in [0.3, 0.4) is 0 Å². The molecule has 158 valence electrons. The lowest BCUT2D eigenvalue weighted by atomic mass is 10.1. The Balaban J connectivity index is 1.47. The number of nitrogens with zero attached hydrogens (tertiary/aromatic N) is 4. The highest BCUT2D eigenvalue weighted by atomic mass is 35.5. The third-order valence-corrected chi connectivity index (χ3v) is 5.42. The van der Waals surface area contributed by atoms with Crippen molar-refractivity contribution in [3.05, 3.63) is 89.3 Å². The number of hydrogen-bond donors (Lipinski definition) is 1. The van der Waals surface area contributed by atoms with E-state index in [1.54, 1.807) is 18.3 Å². The summed E-state index contributed by atoms with van der Waals surface area (Å²) in [5.74, 6) is 0.211. The fourth-order valence-electron chi connectivity index (χ4n) is 3.31. The Bertz CT molecular complexity index is 1470. The van der Waals surface area contributed by atoms with Crippen molar-refractivity contribution in [2.24, 2.45) is 0 Å². The Kier molecular flexibility index (Phi) is 4.95. The standard InChI is InChI=1S/C24H16ClFN4O2/c1-14-11-16(6-8-18(14)25)32-24-4-2-3-20-17(24)7-9-21(27-20)22-13-30(29-28-22)15-5-10-23(31)19(26)12-15/h2-13,31H,1H3. The minimum Gasteiger partial charge on any atom is -0.505 e. The van der Waals surface area contributed by atoms with Crippen LogP contribution in [-0.2, 0) is 0 Å². The average Bonchev–Trinajstić information content (AvgIpc) is 3.28. The van der Waals surface area contributed by atoms with Gasteiger partial charge >= 0.3 is 0 Å². The van der Waals surface area contributed by atoms with Crippen molar-refractivity contribution < 1.29 is 14.2 Å². The highest BCUT2D eigenvalue weighted by molar-refractivity contribution is 6.31. The molecular weight excluding hydrogens is 431 g/mol. The number of aromatic hydroxyl groups is 1. The Morgan fingerprint density at radius 3 is 2.69 bits per heavy atom. The lowest BCUT2D eigenvalue weighted by Crippen LogP contribution is -1.95. The Morgan fingerprint density at radius 2 is 1.88 bits per heavy atom. The quantitative estimate of drug-likeness (QED) is 0.362. The predicted octanol–water partition coefficient (Wildman–Crippen LogP) is 6.08.